The fraction of sp³-hybridized carbons (Fsp3) is 0.696. The molecule has 0 atom stereocenters. The largest absolute Gasteiger partial charge is 0.357 e. The quantitative estimate of drug-likeness (QED) is 0.503. The van der Waals surface area contributed by atoms with Crippen LogP contribution in [0.1, 0.15) is 58.6 Å². The molecule has 0 amide bonds. The summed E-state index contributed by atoms with van der Waals surface area (Å²) in [7, 11) is 0. The Morgan fingerprint density at radius 1 is 1.11 bits per heavy atom. The highest BCUT2D eigenvalue weighted by Gasteiger charge is 2.21. The SMILES string of the molecule is CCNC(=NCc1ccccc1CN(CC)CC)NC1CCN(C(C)C)CC1. The summed E-state index contributed by atoms with van der Waals surface area (Å²) in [5.74, 6) is 0.947. The fourth-order valence-corrected chi connectivity index (χ4v) is 3.79. The number of piperidine rings is 1. The van der Waals surface area contributed by atoms with Crippen LogP contribution in [0.2, 0.25) is 0 Å². The normalized spacial score (nSPS) is 16.8. The van der Waals surface area contributed by atoms with Crippen LogP contribution in [0.4, 0.5) is 0 Å². The van der Waals surface area contributed by atoms with Crippen molar-refractivity contribution in [1.29, 1.82) is 0 Å². The summed E-state index contributed by atoms with van der Waals surface area (Å²) in [5.41, 5.74) is 2.71. The standard InChI is InChI=1S/C23H41N5/c1-6-24-23(26-22-13-15-28(16-14-22)19(4)5)25-17-20-11-9-10-12-21(20)18-27(7-2)8-3/h9-12,19,22H,6-8,13-18H2,1-5H3,(H2,24,25,26). The van der Waals surface area contributed by atoms with Gasteiger partial charge < -0.3 is 15.5 Å². The van der Waals surface area contributed by atoms with Crippen LogP contribution in [0.5, 0.6) is 0 Å². The molecule has 5 nitrogen and oxygen atoms in total. The van der Waals surface area contributed by atoms with Crippen LogP contribution in [0, 0.1) is 0 Å². The molecule has 1 fully saturated rings. The molecule has 0 unspecified atom stereocenters. The van der Waals surface area contributed by atoms with Crippen LogP contribution in [0.15, 0.2) is 29.3 Å². The first-order valence-corrected chi connectivity index (χ1v) is 11.1. The predicted octanol–water partition coefficient (Wildman–Crippen LogP) is 3.46. The molecule has 2 N–H and O–H groups in total. The highest BCUT2D eigenvalue weighted by atomic mass is 15.2. The third-order valence-electron chi connectivity index (χ3n) is 5.76. The Labute approximate surface area is 172 Å². The van der Waals surface area contributed by atoms with Gasteiger partial charge in [0.25, 0.3) is 0 Å². The summed E-state index contributed by atoms with van der Waals surface area (Å²) in [6, 6.07) is 9.87. The number of likely N-dealkylation sites (tertiary alicyclic amines) is 1. The zero-order chi connectivity index (χ0) is 20.4. The number of guanidine groups is 1. The highest BCUT2D eigenvalue weighted by molar-refractivity contribution is 5.80. The van der Waals surface area contributed by atoms with Gasteiger partial charge in [-0.15, -0.1) is 0 Å². The van der Waals surface area contributed by atoms with Crippen molar-refractivity contribution in [2.24, 2.45) is 4.99 Å². The van der Waals surface area contributed by atoms with Gasteiger partial charge in [0.15, 0.2) is 5.96 Å². The summed E-state index contributed by atoms with van der Waals surface area (Å²) in [4.78, 5) is 9.93. The summed E-state index contributed by atoms with van der Waals surface area (Å²) >= 11 is 0. The minimum Gasteiger partial charge on any atom is -0.357 e. The number of nitrogens with zero attached hydrogens (tertiary/aromatic N) is 3. The van der Waals surface area contributed by atoms with Crippen LogP contribution in [0.3, 0.4) is 0 Å². The predicted molar refractivity (Wildman–Crippen MR) is 121 cm³/mol. The smallest absolute Gasteiger partial charge is 0.191 e. The van der Waals surface area contributed by atoms with E-state index in [-0.39, 0.29) is 0 Å². The molecule has 1 aliphatic heterocycles. The second-order valence-corrected chi connectivity index (χ2v) is 7.97. The number of rotatable bonds is 9. The van der Waals surface area contributed by atoms with Gasteiger partial charge in [-0.2, -0.15) is 0 Å². The Morgan fingerprint density at radius 3 is 2.32 bits per heavy atom. The molecule has 0 aromatic heterocycles. The van der Waals surface area contributed by atoms with Crippen molar-refractivity contribution >= 4 is 5.96 Å². The molecule has 1 aliphatic rings. The van der Waals surface area contributed by atoms with Gasteiger partial charge >= 0.3 is 0 Å². The van der Waals surface area contributed by atoms with E-state index in [1.807, 2.05) is 0 Å². The number of hydrogen-bond acceptors (Lipinski definition) is 3. The first kappa shape index (κ1) is 22.7. The first-order chi connectivity index (χ1) is 13.6. The van der Waals surface area contributed by atoms with Crippen molar-refractivity contribution < 1.29 is 0 Å². The first-order valence-electron chi connectivity index (χ1n) is 11.1. The van der Waals surface area contributed by atoms with Crippen LogP contribution >= 0.6 is 0 Å². The van der Waals surface area contributed by atoms with Crippen molar-refractivity contribution in [1.82, 2.24) is 20.4 Å². The molecule has 1 saturated heterocycles. The molecule has 158 valence electrons. The lowest BCUT2D eigenvalue weighted by Gasteiger charge is -2.35. The van der Waals surface area contributed by atoms with E-state index < -0.39 is 0 Å². The monoisotopic (exact) mass is 387 g/mol. The van der Waals surface area contributed by atoms with Crippen molar-refractivity contribution in [3.63, 3.8) is 0 Å². The molecule has 0 aliphatic carbocycles. The second kappa shape index (κ2) is 12.1. The Bertz CT molecular complexity index is 586. The fourth-order valence-electron chi connectivity index (χ4n) is 3.79. The molecular weight excluding hydrogens is 346 g/mol. The maximum Gasteiger partial charge on any atom is 0.191 e. The Morgan fingerprint density at radius 2 is 1.75 bits per heavy atom. The number of benzene rings is 1. The van der Waals surface area contributed by atoms with E-state index >= 15 is 0 Å². The van der Waals surface area contributed by atoms with E-state index in [0.29, 0.717) is 12.1 Å². The summed E-state index contributed by atoms with van der Waals surface area (Å²) in [6.07, 6.45) is 2.36. The van der Waals surface area contributed by atoms with Crippen LogP contribution in [0.25, 0.3) is 0 Å². The molecule has 1 aromatic carbocycles. The van der Waals surface area contributed by atoms with Gasteiger partial charge in [0, 0.05) is 38.3 Å². The lowest BCUT2D eigenvalue weighted by molar-refractivity contribution is 0.167. The van der Waals surface area contributed by atoms with Crippen molar-refractivity contribution in [3.8, 4) is 0 Å². The Hall–Kier alpha value is -1.59. The van der Waals surface area contributed by atoms with Crippen molar-refractivity contribution in [2.75, 3.05) is 32.7 Å². The number of aliphatic imine (C=N–C) groups is 1. The van der Waals surface area contributed by atoms with E-state index in [4.69, 9.17) is 4.99 Å². The van der Waals surface area contributed by atoms with E-state index in [9.17, 15) is 0 Å². The summed E-state index contributed by atoms with van der Waals surface area (Å²) in [5, 5.41) is 7.10. The highest BCUT2D eigenvalue weighted by Crippen LogP contribution is 2.14. The van der Waals surface area contributed by atoms with Crippen LogP contribution < -0.4 is 10.6 Å². The van der Waals surface area contributed by atoms with Gasteiger partial charge in [0.2, 0.25) is 0 Å². The molecule has 5 heteroatoms. The van der Waals surface area contributed by atoms with Crippen LogP contribution in [-0.2, 0) is 13.1 Å². The second-order valence-electron chi connectivity index (χ2n) is 7.97. The molecule has 0 bridgehead atoms. The van der Waals surface area contributed by atoms with Crippen molar-refractivity contribution in [3.05, 3.63) is 35.4 Å². The maximum atomic E-state index is 4.91. The topological polar surface area (TPSA) is 42.9 Å². The molecule has 0 spiro atoms. The minimum atomic E-state index is 0.513. The molecule has 1 aromatic rings. The third kappa shape index (κ3) is 7.10. The summed E-state index contributed by atoms with van der Waals surface area (Å²) < 4.78 is 0. The lowest BCUT2D eigenvalue weighted by atomic mass is 10.0. The molecule has 28 heavy (non-hydrogen) atoms. The summed E-state index contributed by atoms with van der Waals surface area (Å²) in [6.45, 7) is 18.2. The number of hydrogen-bond donors (Lipinski definition) is 2. The van der Waals surface area contributed by atoms with Crippen LogP contribution in [-0.4, -0.2) is 60.6 Å². The van der Waals surface area contributed by atoms with E-state index in [1.54, 1.807) is 0 Å². The van der Waals surface area contributed by atoms with E-state index in [0.717, 1.165) is 38.7 Å². The minimum absolute atomic E-state index is 0.513. The van der Waals surface area contributed by atoms with Gasteiger partial charge in [-0.1, -0.05) is 38.1 Å². The lowest BCUT2D eigenvalue weighted by Crippen LogP contribution is -2.49. The number of nitrogens with one attached hydrogen (secondary N) is 2. The average Bonchev–Trinajstić information content (AvgIpc) is 2.71. The Kier molecular flexibility index (Phi) is 9.79. The van der Waals surface area contributed by atoms with Gasteiger partial charge in [0.05, 0.1) is 6.54 Å². The van der Waals surface area contributed by atoms with Crippen molar-refractivity contribution in [2.45, 2.75) is 72.6 Å². The third-order valence-corrected chi connectivity index (χ3v) is 5.76. The average molecular weight is 388 g/mol. The van der Waals surface area contributed by atoms with Gasteiger partial charge in [0.1, 0.15) is 0 Å². The Balaban J connectivity index is 1.99. The van der Waals surface area contributed by atoms with Gasteiger partial charge in [-0.25, -0.2) is 4.99 Å². The zero-order valence-electron chi connectivity index (χ0n) is 18.7. The zero-order valence-corrected chi connectivity index (χ0v) is 18.7. The maximum absolute atomic E-state index is 4.91. The van der Waals surface area contributed by atoms with Gasteiger partial charge in [-0.3, -0.25) is 4.90 Å². The van der Waals surface area contributed by atoms with E-state index in [2.05, 4.69) is 79.3 Å². The molecule has 0 saturated carbocycles. The molecular formula is C23H41N5. The molecule has 1 heterocycles. The van der Waals surface area contributed by atoms with E-state index in [1.165, 1.54) is 37.1 Å². The molecule has 2 rings (SSSR count). The van der Waals surface area contributed by atoms with Gasteiger partial charge in [-0.05, 0) is 57.8 Å². The molecule has 0 radical (unpaired) electrons.